The van der Waals surface area contributed by atoms with Gasteiger partial charge in [0, 0.05) is 25.2 Å². The van der Waals surface area contributed by atoms with Crippen LogP contribution in [0.25, 0.3) is 0 Å². The molecular formula is C12H13F5N2. The van der Waals surface area contributed by atoms with Crippen molar-refractivity contribution in [2.45, 2.75) is 19.4 Å². The maximum atomic E-state index is 13.7. The third-order valence-corrected chi connectivity index (χ3v) is 3.26. The van der Waals surface area contributed by atoms with E-state index in [1.807, 2.05) is 0 Å². The standard InChI is InChI=1S/C12H13F5N2/c1-12(2)5-18-3-4-19(12)11-9(16)7(14)6(13)8(15)10(11)17/h18H,3-5H2,1-2H3. The molecule has 0 aliphatic carbocycles. The number of rotatable bonds is 1. The number of nitrogens with zero attached hydrogens (tertiary/aromatic N) is 1. The number of nitrogens with one attached hydrogen (secondary N) is 1. The van der Waals surface area contributed by atoms with Gasteiger partial charge in [-0.1, -0.05) is 0 Å². The van der Waals surface area contributed by atoms with Gasteiger partial charge in [-0.2, -0.15) is 0 Å². The summed E-state index contributed by atoms with van der Waals surface area (Å²) in [6.45, 7) is 4.27. The molecule has 1 heterocycles. The van der Waals surface area contributed by atoms with Crippen molar-refractivity contribution in [1.29, 1.82) is 0 Å². The van der Waals surface area contributed by atoms with Crippen molar-refractivity contribution in [3.05, 3.63) is 29.1 Å². The summed E-state index contributed by atoms with van der Waals surface area (Å²) < 4.78 is 66.9. The molecule has 1 aliphatic heterocycles. The average Bonchev–Trinajstić information content (AvgIpc) is 2.36. The zero-order valence-electron chi connectivity index (χ0n) is 10.5. The van der Waals surface area contributed by atoms with Gasteiger partial charge in [-0.05, 0) is 13.8 Å². The van der Waals surface area contributed by atoms with Crippen LogP contribution >= 0.6 is 0 Å². The summed E-state index contributed by atoms with van der Waals surface area (Å²) in [7, 11) is 0. The third kappa shape index (κ3) is 2.16. The van der Waals surface area contributed by atoms with Crippen LogP contribution in [0.1, 0.15) is 13.8 Å². The first-order chi connectivity index (χ1) is 8.77. The van der Waals surface area contributed by atoms with Crippen LogP contribution in [0.2, 0.25) is 0 Å². The van der Waals surface area contributed by atoms with Crippen molar-refractivity contribution in [2.24, 2.45) is 0 Å². The van der Waals surface area contributed by atoms with Gasteiger partial charge in [0.15, 0.2) is 23.3 Å². The molecule has 1 aromatic rings. The Morgan fingerprint density at radius 1 is 0.895 bits per heavy atom. The first-order valence-corrected chi connectivity index (χ1v) is 5.77. The summed E-state index contributed by atoms with van der Waals surface area (Å²) in [5, 5.41) is 3.01. The molecule has 0 unspecified atom stereocenters. The van der Waals surface area contributed by atoms with Crippen LogP contribution in [0.15, 0.2) is 0 Å². The van der Waals surface area contributed by atoms with Crippen LogP contribution < -0.4 is 10.2 Å². The molecule has 0 amide bonds. The lowest BCUT2D eigenvalue weighted by Gasteiger charge is -2.44. The Morgan fingerprint density at radius 2 is 1.37 bits per heavy atom. The minimum atomic E-state index is -2.13. The summed E-state index contributed by atoms with van der Waals surface area (Å²) in [6, 6.07) is 0. The molecule has 0 radical (unpaired) electrons. The van der Waals surface area contributed by atoms with Crippen molar-refractivity contribution in [2.75, 3.05) is 24.5 Å². The molecule has 1 N–H and O–H groups in total. The Bertz CT molecular complexity index is 486. The molecule has 1 aromatic carbocycles. The monoisotopic (exact) mass is 280 g/mol. The molecule has 19 heavy (non-hydrogen) atoms. The van der Waals surface area contributed by atoms with Gasteiger partial charge in [0.1, 0.15) is 5.69 Å². The van der Waals surface area contributed by atoms with Gasteiger partial charge < -0.3 is 10.2 Å². The largest absolute Gasteiger partial charge is 0.359 e. The zero-order valence-corrected chi connectivity index (χ0v) is 10.5. The lowest BCUT2D eigenvalue weighted by atomic mass is 9.98. The van der Waals surface area contributed by atoms with Gasteiger partial charge in [0.2, 0.25) is 5.82 Å². The van der Waals surface area contributed by atoms with Crippen LogP contribution in [0, 0.1) is 29.1 Å². The molecule has 1 saturated heterocycles. The van der Waals surface area contributed by atoms with Gasteiger partial charge in [-0.15, -0.1) is 0 Å². The number of anilines is 1. The van der Waals surface area contributed by atoms with E-state index in [4.69, 9.17) is 0 Å². The fourth-order valence-electron chi connectivity index (χ4n) is 2.23. The molecule has 2 rings (SSSR count). The molecule has 1 fully saturated rings. The van der Waals surface area contributed by atoms with Gasteiger partial charge in [0.05, 0.1) is 0 Å². The third-order valence-electron chi connectivity index (χ3n) is 3.26. The van der Waals surface area contributed by atoms with Crippen molar-refractivity contribution in [3.63, 3.8) is 0 Å². The number of hydrogen-bond acceptors (Lipinski definition) is 2. The summed E-state index contributed by atoms with van der Waals surface area (Å²) in [6.07, 6.45) is 0. The second-order valence-corrected chi connectivity index (χ2v) is 5.06. The van der Waals surface area contributed by atoms with Crippen molar-refractivity contribution < 1.29 is 22.0 Å². The van der Waals surface area contributed by atoms with Crippen molar-refractivity contribution in [3.8, 4) is 0 Å². The minimum absolute atomic E-state index is 0.158. The smallest absolute Gasteiger partial charge is 0.200 e. The topological polar surface area (TPSA) is 15.3 Å². The number of benzene rings is 1. The van der Waals surface area contributed by atoms with Crippen molar-refractivity contribution >= 4 is 5.69 Å². The Balaban J connectivity index is 2.62. The Labute approximate surface area is 107 Å². The van der Waals surface area contributed by atoms with Crippen LogP contribution in [0.3, 0.4) is 0 Å². The van der Waals surface area contributed by atoms with Crippen LogP contribution in [-0.4, -0.2) is 25.2 Å². The summed E-state index contributed by atoms with van der Waals surface area (Å²) in [4.78, 5) is 1.21. The molecule has 1 aliphatic rings. The molecular weight excluding hydrogens is 267 g/mol. The second-order valence-electron chi connectivity index (χ2n) is 5.06. The lowest BCUT2D eigenvalue weighted by Crippen LogP contribution is -2.58. The molecule has 0 atom stereocenters. The normalized spacial score (nSPS) is 18.8. The van der Waals surface area contributed by atoms with E-state index < -0.39 is 40.3 Å². The van der Waals surface area contributed by atoms with Crippen LogP contribution in [0.5, 0.6) is 0 Å². The molecule has 0 bridgehead atoms. The second kappa shape index (κ2) is 4.63. The van der Waals surface area contributed by atoms with Crippen LogP contribution in [-0.2, 0) is 0 Å². The SMILES string of the molecule is CC1(C)CNCCN1c1c(F)c(F)c(F)c(F)c1F. The summed E-state index contributed by atoms with van der Waals surface area (Å²) in [5.41, 5.74) is -1.61. The van der Waals surface area contributed by atoms with E-state index in [-0.39, 0.29) is 6.54 Å². The quantitative estimate of drug-likeness (QED) is 0.483. The maximum absolute atomic E-state index is 13.7. The van der Waals surface area contributed by atoms with E-state index in [9.17, 15) is 22.0 Å². The van der Waals surface area contributed by atoms with E-state index >= 15 is 0 Å². The van der Waals surface area contributed by atoms with Gasteiger partial charge >= 0.3 is 0 Å². The Hall–Kier alpha value is -1.37. The highest BCUT2D eigenvalue weighted by Crippen LogP contribution is 2.34. The van der Waals surface area contributed by atoms with E-state index in [1.165, 1.54) is 4.90 Å². The molecule has 2 nitrogen and oxygen atoms in total. The lowest BCUT2D eigenvalue weighted by molar-refractivity contribution is 0.346. The number of halogens is 5. The zero-order chi connectivity index (χ0) is 14.4. The molecule has 0 aromatic heterocycles. The first kappa shape index (κ1) is 14.0. The fraction of sp³-hybridized carbons (Fsp3) is 0.500. The van der Waals surface area contributed by atoms with Crippen LogP contribution in [0.4, 0.5) is 27.6 Å². The highest BCUT2D eigenvalue weighted by Gasteiger charge is 2.37. The Morgan fingerprint density at radius 3 is 1.84 bits per heavy atom. The first-order valence-electron chi connectivity index (χ1n) is 5.77. The number of hydrogen-bond donors (Lipinski definition) is 1. The van der Waals surface area contributed by atoms with E-state index in [2.05, 4.69) is 5.32 Å². The average molecular weight is 280 g/mol. The predicted molar refractivity (Wildman–Crippen MR) is 60.5 cm³/mol. The predicted octanol–water partition coefficient (Wildman–Crippen LogP) is 2.57. The van der Waals surface area contributed by atoms with E-state index in [0.717, 1.165) is 0 Å². The molecule has 0 spiro atoms. The minimum Gasteiger partial charge on any atom is -0.359 e. The molecule has 106 valence electrons. The maximum Gasteiger partial charge on any atom is 0.200 e. The van der Waals surface area contributed by atoms with Crippen molar-refractivity contribution in [1.82, 2.24) is 5.32 Å². The summed E-state index contributed by atoms with van der Waals surface area (Å²) in [5.74, 6) is -9.53. The van der Waals surface area contributed by atoms with Gasteiger partial charge in [-0.25, -0.2) is 22.0 Å². The van der Waals surface area contributed by atoms with Gasteiger partial charge in [-0.3, -0.25) is 0 Å². The highest BCUT2D eigenvalue weighted by atomic mass is 19.2. The van der Waals surface area contributed by atoms with Gasteiger partial charge in [0.25, 0.3) is 0 Å². The summed E-state index contributed by atoms with van der Waals surface area (Å²) >= 11 is 0. The Kier molecular flexibility index (Phi) is 3.42. The van der Waals surface area contributed by atoms with E-state index in [0.29, 0.717) is 13.1 Å². The van der Waals surface area contributed by atoms with E-state index in [1.54, 1.807) is 13.8 Å². The number of piperazine rings is 1. The molecule has 0 saturated carbocycles. The fourth-order valence-corrected chi connectivity index (χ4v) is 2.23. The molecule has 7 heteroatoms. The highest BCUT2D eigenvalue weighted by molar-refractivity contribution is 5.53.